The number of hydrogen-bond donors (Lipinski definition) is 1. The summed E-state index contributed by atoms with van der Waals surface area (Å²) in [6.45, 7) is 14.3. The summed E-state index contributed by atoms with van der Waals surface area (Å²) in [5.41, 5.74) is -4.51. The van der Waals surface area contributed by atoms with Gasteiger partial charge in [0.15, 0.2) is 29.7 Å². The SMILES string of the molecule is C=C1[C@H](OC(C)=O)[C@@H](OC(=O)c2ccccc2)[C@@H](OC(=O)c2cccnc2)C(C)(C)[C@H]2O[C@](O)([C@H](C)C2=O)[C@@]2(OC(C)=O)C[C@H](C)[C@H](OC(C)=O)[C@@H]2[C@H]1OC(C)=O. The van der Waals surface area contributed by atoms with Crippen LogP contribution in [0.5, 0.6) is 0 Å². The van der Waals surface area contributed by atoms with Gasteiger partial charge in [-0.05, 0) is 36.6 Å². The summed E-state index contributed by atoms with van der Waals surface area (Å²) < 4.78 is 42.5. The molecule has 306 valence electrons. The lowest BCUT2D eigenvalue weighted by Crippen LogP contribution is -2.66. The molecule has 57 heavy (non-hydrogen) atoms. The first-order valence-corrected chi connectivity index (χ1v) is 18.4. The van der Waals surface area contributed by atoms with Gasteiger partial charge in [-0.15, -0.1) is 0 Å². The molecule has 2 aliphatic heterocycles. The van der Waals surface area contributed by atoms with Crippen molar-refractivity contribution in [1.29, 1.82) is 0 Å². The lowest BCUT2D eigenvalue weighted by molar-refractivity contribution is -0.333. The van der Waals surface area contributed by atoms with Crippen LogP contribution in [0.4, 0.5) is 0 Å². The molecule has 1 aliphatic carbocycles. The number of carbonyl (C=O) groups is 7. The number of ether oxygens (including phenoxy) is 7. The van der Waals surface area contributed by atoms with Crippen molar-refractivity contribution in [2.45, 2.75) is 110 Å². The number of rotatable bonds is 8. The number of carbonyl (C=O) groups excluding carboxylic acids is 7. The zero-order valence-electron chi connectivity index (χ0n) is 32.9. The average molecular weight is 794 g/mol. The van der Waals surface area contributed by atoms with E-state index in [1.807, 2.05) is 0 Å². The first kappa shape index (κ1) is 42.7. The van der Waals surface area contributed by atoms with Gasteiger partial charge in [-0.3, -0.25) is 29.0 Å². The fraction of sp³-hybridized carbons (Fsp3) is 0.512. The topological polar surface area (TPSA) is 217 Å². The van der Waals surface area contributed by atoms with Gasteiger partial charge in [0.05, 0.1) is 23.0 Å². The number of pyridine rings is 1. The van der Waals surface area contributed by atoms with E-state index in [4.69, 9.17) is 33.2 Å². The highest BCUT2D eigenvalue weighted by molar-refractivity contribution is 5.91. The Morgan fingerprint density at radius 2 is 1.35 bits per heavy atom. The number of fused-ring (bicyclic) bond motifs is 4. The van der Waals surface area contributed by atoms with E-state index >= 15 is 0 Å². The van der Waals surface area contributed by atoms with Crippen molar-refractivity contribution in [3.05, 3.63) is 78.1 Å². The van der Waals surface area contributed by atoms with Gasteiger partial charge in [0, 0.05) is 51.1 Å². The van der Waals surface area contributed by atoms with E-state index in [1.165, 1.54) is 57.4 Å². The van der Waals surface area contributed by atoms with Crippen LogP contribution >= 0.6 is 0 Å². The maximum Gasteiger partial charge on any atom is 0.340 e. The lowest BCUT2D eigenvalue weighted by Gasteiger charge is -2.49. The molecule has 11 atom stereocenters. The molecule has 1 aromatic heterocycles. The van der Waals surface area contributed by atoms with Crippen LogP contribution < -0.4 is 0 Å². The first-order valence-electron chi connectivity index (χ1n) is 18.4. The molecule has 3 heterocycles. The van der Waals surface area contributed by atoms with Crippen molar-refractivity contribution >= 4 is 41.6 Å². The second-order valence-electron chi connectivity index (χ2n) is 15.3. The Bertz CT molecular complexity index is 1930. The molecule has 1 aromatic carbocycles. The van der Waals surface area contributed by atoms with Gasteiger partial charge in [0.2, 0.25) is 5.79 Å². The summed E-state index contributed by atoms with van der Waals surface area (Å²) in [5.74, 6) is -13.1. The zero-order chi connectivity index (χ0) is 42.2. The number of hydrogen-bond acceptors (Lipinski definition) is 16. The number of nitrogens with zero attached hydrogens (tertiary/aromatic N) is 1. The molecule has 16 heteroatoms. The highest BCUT2D eigenvalue weighted by atomic mass is 16.7. The second kappa shape index (κ2) is 16.2. The molecule has 5 rings (SSSR count). The van der Waals surface area contributed by atoms with E-state index < -0.39 is 113 Å². The van der Waals surface area contributed by atoms with Crippen LogP contribution in [0.3, 0.4) is 0 Å². The number of esters is 6. The molecular weight excluding hydrogens is 746 g/mol. The van der Waals surface area contributed by atoms with Gasteiger partial charge in [-0.2, -0.15) is 0 Å². The van der Waals surface area contributed by atoms with Crippen LogP contribution in [0, 0.1) is 23.2 Å². The normalized spacial score (nSPS) is 33.1. The van der Waals surface area contributed by atoms with Crippen molar-refractivity contribution in [1.82, 2.24) is 4.98 Å². The monoisotopic (exact) mass is 793 g/mol. The van der Waals surface area contributed by atoms with E-state index in [-0.39, 0.29) is 23.1 Å². The van der Waals surface area contributed by atoms with Crippen molar-refractivity contribution in [3.63, 3.8) is 0 Å². The summed E-state index contributed by atoms with van der Waals surface area (Å²) >= 11 is 0. The van der Waals surface area contributed by atoms with E-state index in [1.54, 1.807) is 25.1 Å². The van der Waals surface area contributed by atoms with Gasteiger partial charge < -0.3 is 38.3 Å². The summed E-state index contributed by atoms with van der Waals surface area (Å²) in [4.78, 5) is 98.8. The highest BCUT2D eigenvalue weighted by Gasteiger charge is 2.77. The molecule has 2 aromatic rings. The maximum atomic E-state index is 14.7. The van der Waals surface area contributed by atoms with Gasteiger partial charge >= 0.3 is 35.8 Å². The van der Waals surface area contributed by atoms with Crippen LogP contribution in [-0.4, -0.2) is 99.7 Å². The minimum atomic E-state index is -2.75. The predicted octanol–water partition coefficient (Wildman–Crippen LogP) is 3.47. The molecule has 3 aliphatic rings. The fourth-order valence-electron chi connectivity index (χ4n) is 8.48. The van der Waals surface area contributed by atoms with Gasteiger partial charge in [0.25, 0.3) is 0 Å². The molecule has 1 saturated carbocycles. The smallest absolute Gasteiger partial charge is 0.340 e. The molecule has 0 radical (unpaired) electrons. The zero-order valence-corrected chi connectivity index (χ0v) is 32.9. The van der Waals surface area contributed by atoms with Crippen LogP contribution in [-0.2, 0) is 57.1 Å². The standard InChI is InChI=1S/C41H47NO15/c1-20-18-40(56-26(7)46)29(31(20)51-23(4)43)32(52-24(5)44)21(2)33(53-25(6)45)34(54-37(48)27-14-11-10-12-15-27)36(55-38(49)28-16-13-17-42-19-28)39(8,9)35-30(47)22(3)41(40,50)57-35/h10-17,19-20,22,29,31-36,50H,2,18H2,1,3-9H3/t20-,22+,29+,31-,32-,33-,34+,35-,36+,40+,41+/m0/s1. The quantitative estimate of drug-likeness (QED) is 0.230. The Morgan fingerprint density at radius 1 is 0.772 bits per heavy atom. The van der Waals surface area contributed by atoms with Crippen LogP contribution in [0.1, 0.15) is 82.5 Å². The number of benzene rings is 1. The third-order valence-corrected chi connectivity index (χ3v) is 10.9. The first-order chi connectivity index (χ1) is 26.7. The average Bonchev–Trinajstić information content (AvgIpc) is 3.55. The van der Waals surface area contributed by atoms with E-state index in [0.717, 1.165) is 27.7 Å². The maximum absolute atomic E-state index is 14.7. The summed E-state index contributed by atoms with van der Waals surface area (Å²) in [5, 5.41) is 13.0. The number of aliphatic hydroxyl groups is 1. The van der Waals surface area contributed by atoms with E-state index in [9.17, 15) is 38.7 Å². The summed E-state index contributed by atoms with van der Waals surface area (Å²) in [6, 6.07) is 10.5. The number of ketones is 1. The Kier molecular flexibility index (Phi) is 12.1. The number of aromatic nitrogens is 1. The molecule has 0 spiro atoms. The molecule has 2 saturated heterocycles. The highest BCUT2D eigenvalue weighted by Crippen LogP contribution is 2.60. The molecule has 3 fully saturated rings. The van der Waals surface area contributed by atoms with E-state index in [2.05, 4.69) is 11.6 Å². The molecule has 0 amide bonds. The van der Waals surface area contributed by atoms with Gasteiger partial charge in [0.1, 0.15) is 18.3 Å². The Hall–Kier alpha value is -5.48. The predicted molar refractivity (Wildman–Crippen MR) is 194 cm³/mol. The Labute approximate surface area is 329 Å². The van der Waals surface area contributed by atoms with Crippen LogP contribution in [0.2, 0.25) is 0 Å². The van der Waals surface area contributed by atoms with Crippen molar-refractivity contribution in [3.8, 4) is 0 Å². The molecular formula is C41H47NO15. The van der Waals surface area contributed by atoms with Gasteiger partial charge in [-0.25, -0.2) is 9.59 Å². The van der Waals surface area contributed by atoms with E-state index in [0.29, 0.717) is 0 Å². The number of Topliss-reactive ketones (excluding diaryl/α,β-unsaturated/α-hetero) is 1. The molecule has 1 N–H and O–H groups in total. The fourth-order valence-corrected chi connectivity index (χ4v) is 8.48. The van der Waals surface area contributed by atoms with Gasteiger partial charge in [-0.1, -0.05) is 52.5 Å². The van der Waals surface area contributed by atoms with Crippen LogP contribution in [0.15, 0.2) is 67.0 Å². The second-order valence-corrected chi connectivity index (χ2v) is 15.3. The minimum absolute atomic E-state index is 0.0234. The molecule has 16 nitrogen and oxygen atoms in total. The van der Waals surface area contributed by atoms with Crippen molar-refractivity contribution in [2.75, 3.05) is 0 Å². The molecule has 0 unspecified atom stereocenters. The summed E-state index contributed by atoms with van der Waals surface area (Å²) in [6.07, 6.45) is -8.16. The molecule has 2 bridgehead atoms. The Morgan fingerprint density at radius 3 is 1.91 bits per heavy atom. The minimum Gasteiger partial charge on any atom is -0.462 e. The Balaban J connectivity index is 1.89. The third kappa shape index (κ3) is 7.92. The lowest BCUT2D eigenvalue weighted by atomic mass is 9.68. The largest absolute Gasteiger partial charge is 0.462 e. The van der Waals surface area contributed by atoms with Crippen molar-refractivity contribution in [2.24, 2.45) is 23.2 Å². The third-order valence-electron chi connectivity index (χ3n) is 10.9. The van der Waals surface area contributed by atoms with Crippen molar-refractivity contribution < 1.29 is 71.8 Å². The summed E-state index contributed by atoms with van der Waals surface area (Å²) in [7, 11) is 0. The van der Waals surface area contributed by atoms with Crippen LogP contribution in [0.25, 0.3) is 0 Å².